The van der Waals surface area contributed by atoms with Gasteiger partial charge in [0, 0.05) is 33.6 Å². The maximum atomic E-state index is 13.9. The Labute approximate surface area is 203 Å². The Morgan fingerprint density at radius 1 is 1.17 bits per heavy atom. The Hall–Kier alpha value is -3.56. The van der Waals surface area contributed by atoms with Crippen LogP contribution in [0.3, 0.4) is 0 Å². The normalized spacial score (nSPS) is 17.3. The van der Waals surface area contributed by atoms with Gasteiger partial charge in [0.05, 0.1) is 6.04 Å². The summed E-state index contributed by atoms with van der Waals surface area (Å²) in [4.78, 5) is 57.9. The first kappa shape index (κ1) is 26.1. The number of amides is 2. The lowest BCUT2D eigenvalue weighted by Gasteiger charge is -2.29. The number of hydrogen-bond acceptors (Lipinski definition) is 6. The van der Waals surface area contributed by atoms with Crippen LogP contribution in [0.15, 0.2) is 23.0 Å². The van der Waals surface area contributed by atoms with E-state index < -0.39 is 34.9 Å². The van der Waals surface area contributed by atoms with Crippen molar-refractivity contribution in [1.82, 2.24) is 19.4 Å². The summed E-state index contributed by atoms with van der Waals surface area (Å²) in [7, 11) is 4.39. The second kappa shape index (κ2) is 10.4. The first-order chi connectivity index (χ1) is 16.4. The maximum absolute atomic E-state index is 13.9. The molecule has 0 radical (unpaired) electrons. The van der Waals surface area contributed by atoms with Crippen molar-refractivity contribution in [2.75, 3.05) is 21.1 Å². The van der Waals surface area contributed by atoms with Crippen molar-refractivity contribution in [1.29, 1.82) is 0 Å². The molecule has 0 fully saturated rings. The fourth-order valence-corrected chi connectivity index (χ4v) is 4.28. The molecule has 9 nitrogen and oxygen atoms in total. The number of carbonyl (C=O) groups excluding carboxylic acids is 3. The Bertz CT molecular complexity index is 1220. The van der Waals surface area contributed by atoms with E-state index in [-0.39, 0.29) is 36.2 Å². The molecule has 3 rings (SSSR count). The molecule has 2 atom stereocenters. The number of halogens is 1. The number of benzene rings is 1. The molecular formula is C25H31FN4O5. The molecule has 1 aliphatic rings. The van der Waals surface area contributed by atoms with Crippen LogP contribution >= 0.6 is 0 Å². The largest absolute Gasteiger partial charge is 0.501 e. The van der Waals surface area contributed by atoms with E-state index in [1.807, 2.05) is 0 Å². The Morgan fingerprint density at radius 3 is 2.49 bits per heavy atom. The molecule has 35 heavy (non-hydrogen) atoms. The van der Waals surface area contributed by atoms with Gasteiger partial charge in [-0.1, -0.05) is 12.1 Å². The number of aryl methyl sites for hydroxylation is 2. The van der Waals surface area contributed by atoms with Gasteiger partial charge < -0.3 is 14.9 Å². The summed E-state index contributed by atoms with van der Waals surface area (Å²) < 4.78 is 15.2. The number of Topliss-reactive ketones (excluding diaryl/α,β-unsaturated/α-hetero) is 1. The van der Waals surface area contributed by atoms with Crippen molar-refractivity contribution in [2.45, 2.75) is 58.0 Å². The van der Waals surface area contributed by atoms with Crippen LogP contribution in [0.5, 0.6) is 5.75 Å². The molecule has 0 spiro atoms. The smallest absolute Gasteiger partial charge is 0.312 e. The zero-order valence-electron chi connectivity index (χ0n) is 20.7. The fourth-order valence-electron chi connectivity index (χ4n) is 4.28. The van der Waals surface area contributed by atoms with Crippen LogP contribution in [0, 0.1) is 12.7 Å². The van der Waals surface area contributed by atoms with E-state index in [0.717, 1.165) is 0 Å². The van der Waals surface area contributed by atoms with Crippen molar-refractivity contribution in [3.63, 3.8) is 0 Å². The topological polar surface area (TPSA) is 113 Å². The maximum Gasteiger partial charge on any atom is 0.312 e. The third-order valence-electron chi connectivity index (χ3n) is 6.48. The van der Waals surface area contributed by atoms with Gasteiger partial charge in [0.1, 0.15) is 11.6 Å². The molecular weight excluding hydrogens is 455 g/mol. The minimum Gasteiger partial charge on any atom is -0.501 e. The summed E-state index contributed by atoms with van der Waals surface area (Å²) in [6.45, 7) is 3.44. The molecule has 1 N–H and O–H groups in total. The van der Waals surface area contributed by atoms with Crippen molar-refractivity contribution < 1.29 is 23.9 Å². The number of nitrogens with zero attached hydrogens (tertiary/aromatic N) is 4. The third-order valence-corrected chi connectivity index (χ3v) is 6.48. The van der Waals surface area contributed by atoms with Gasteiger partial charge in [-0.15, -0.1) is 0 Å². The van der Waals surface area contributed by atoms with Gasteiger partial charge in [-0.2, -0.15) is 0 Å². The van der Waals surface area contributed by atoms with E-state index in [9.17, 15) is 28.7 Å². The molecule has 0 saturated heterocycles. The zero-order valence-corrected chi connectivity index (χ0v) is 20.7. The van der Waals surface area contributed by atoms with Crippen LogP contribution in [0.25, 0.3) is 0 Å². The Balaban J connectivity index is 1.99. The molecule has 1 aromatic heterocycles. The van der Waals surface area contributed by atoms with E-state index in [2.05, 4.69) is 4.98 Å². The van der Waals surface area contributed by atoms with E-state index in [4.69, 9.17) is 0 Å². The van der Waals surface area contributed by atoms with Crippen molar-refractivity contribution in [3.05, 3.63) is 57.0 Å². The van der Waals surface area contributed by atoms with E-state index in [1.54, 1.807) is 26.0 Å². The lowest BCUT2D eigenvalue weighted by molar-refractivity contribution is -0.151. The third kappa shape index (κ3) is 5.26. The van der Waals surface area contributed by atoms with Crippen molar-refractivity contribution >= 4 is 17.6 Å². The van der Waals surface area contributed by atoms with Gasteiger partial charge in [0.25, 0.3) is 5.56 Å². The molecule has 0 aliphatic carbocycles. The predicted octanol–water partition coefficient (Wildman–Crippen LogP) is 2.54. The highest BCUT2D eigenvalue weighted by atomic mass is 19.1. The van der Waals surface area contributed by atoms with Gasteiger partial charge >= 0.3 is 11.8 Å². The quantitative estimate of drug-likeness (QED) is 0.513. The lowest BCUT2D eigenvalue weighted by Crippen LogP contribution is -2.43. The van der Waals surface area contributed by atoms with E-state index in [0.29, 0.717) is 30.4 Å². The average Bonchev–Trinajstić information content (AvgIpc) is 2.98. The number of carbonyl (C=O) groups is 3. The minimum atomic E-state index is -0.766. The zero-order chi connectivity index (χ0) is 26.0. The molecule has 2 aromatic rings. The monoisotopic (exact) mass is 486 g/mol. The molecule has 2 amide bonds. The highest BCUT2D eigenvalue weighted by molar-refractivity contribution is 6.34. The minimum absolute atomic E-state index is 0.0972. The highest BCUT2D eigenvalue weighted by Crippen LogP contribution is 2.33. The van der Waals surface area contributed by atoms with Gasteiger partial charge in [-0.05, 0) is 56.7 Å². The van der Waals surface area contributed by atoms with Crippen LogP contribution in [0.1, 0.15) is 72.1 Å². The number of ketones is 1. The van der Waals surface area contributed by atoms with E-state index >= 15 is 0 Å². The Kier molecular flexibility index (Phi) is 7.72. The molecule has 0 saturated carbocycles. The molecule has 188 valence electrons. The number of hydrogen-bond donors (Lipinski definition) is 1. The predicted molar refractivity (Wildman–Crippen MR) is 127 cm³/mol. The lowest BCUT2D eigenvalue weighted by atomic mass is 10.0. The van der Waals surface area contributed by atoms with Crippen molar-refractivity contribution in [3.8, 4) is 5.75 Å². The van der Waals surface area contributed by atoms with Gasteiger partial charge in [0.15, 0.2) is 11.5 Å². The van der Waals surface area contributed by atoms with Crippen LogP contribution in [-0.4, -0.2) is 63.2 Å². The number of likely N-dealkylation sites (N-methyl/N-ethyl adjacent to an activating group) is 2. The fraction of sp³-hybridized carbons (Fsp3) is 0.480. The number of fused-ring (bicyclic) bond motifs is 1. The second-order valence-electron chi connectivity index (χ2n) is 9.26. The Morgan fingerprint density at radius 2 is 1.86 bits per heavy atom. The summed E-state index contributed by atoms with van der Waals surface area (Å²) in [6.07, 6.45) is 1.78. The molecule has 1 aromatic carbocycles. The van der Waals surface area contributed by atoms with Crippen LogP contribution < -0.4 is 5.56 Å². The molecule has 10 heteroatoms. The number of rotatable bonds is 5. The number of aromatic hydroxyl groups is 1. The highest BCUT2D eigenvalue weighted by Gasteiger charge is 2.35. The summed E-state index contributed by atoms with van der Waals surface area (Å²) in [5.74, 6) is -3.03. The summed E-state index contributed by atoms with van der Waals surface area (Å²) in [6, 6.07) is 3.62. The first-order valence-corrected chi connectivity index (χ1v) is 11.6. The average molecular weight is 487 g/mol. The van der Waals surface area contributed by atoms with Gasteiger partial charge in [-0.25, -0.2) is 9.37 Å². The molecule has 1 aliphatic heterocycles. The van der Waals surface area contributed by atoms with Crippen LogP contribution in [0.4, 0.5) is 4.39 Å². The van der Waals surface area contributed by atoms with Crippen LogP contribution in [-0.2, 0) is 16.0 Å². The number of aromatic nitrogens is 2. The summed E-state index contributed by atoms with van der Waals surface area (Å²) in [5.41, 5.74) is -0.0529. The summed E-state index contributed by atoms with van der Waals surface area (Å²) in [5, 5.41) is 10.6. The summed E-state index contributed by atoms with van der Waals surface area (Å²) >= 11 is 0. The van der Waals surface area contributed by atoms with Gasteiger partial charge in [0.2, 0.25) is 5.75 Å². The first-order valence-electron chi connectivity index (χ1n) is 11.6. The molecule has 2 unspecified atom stereocenters. The van der Waals surface area contributed by atoms with Crippen molar-refractivity contribution in [2.24, 2.45) is 0 Å². The SMILES string of the molecule is Cc1ccc(CCC(=O)c2nc3n(c(=O)c2O)C(C)CCCC3N(C)C(=O)C(=O)N(C)C)cc1F. The van der Waals surface area contributed by atoms with Gasteiger partial charge in [-0.3, -0.25) is 23.7 Å². The standard InChI is InChI=1S/C25H31FN4O5/c1-14-9-10-16(13-17(14)26)11-12-19(31)20-21(32)23(33)30-15(2)7-6-8-18(22(30)27-20)29(5)25(35)24(34)28(3)4/h9-10,13,15,18,32H,6-8,11-12H2,1-5H3. The molecule has 2 heterocycles. The van der Waals surface area contributed by atoms with E-state index in [1.165, 1.54) is 41.6 Å². The van der Waals surface area contributed by atoms with Crippen LogP contribution in [0.2, 0.25) is 0 Å². The second-order valence-corrected chi connectivity index (χ2v) is 9.26. The molecule has 0 bridgehead atoms.